The van der Waals surface area contributed by atoms with Gasteiger partial charge in [-0.1, -0.05) is 63.6 Å². The Hall–Kier alpha value is -1.64. The molecular weight excluding hydrogens is 234 g/mol. The molecule has 1 aromatic carbocycles. The Labute approximate surface area is 115 Å². The molecule has 0 unspecified atom stereocenters. The maximum absolute atomic E-state index is 4.24. The monoisotopic (exact) mass is 257 g/mol. The Balaban J connectivity index is 2.16. The van der Waals surface area contributed by atoms with Crippen molar-refractivity contribution in [3.8, 4) is 11.3 Å². The molecule has 0 bridgehead atoms. The van der Waals surface area contributed by atoms with Crippen molar-refractivity contribution < 1.29 is 0 Å². The minimum Gasteiger partial charge on any atom is -0.252 e. The van der Waals surface area contributed by atoms with Crippen LogP contribution in [0, 0.1) is 0 Å². The van der Waals surface area contributed by atoms with Crippen LogP contribution in [-0.2, 0) is 12.0 Å². The van der Waals surface area contributed by atoms with Crippen molar-refractivity contribution in [2.75, 3.05) is 0 Å². The molecule has 0 saturated heterocycles. The van der Waals surface area contributed by atoms with Crippen LogP contribution >= 0.6 is 0 Å². The Morgan fingerprint density at radius 2 is 1.79 bits per heavy atom. The van der Waals surface area contributed by atoms with Crippen molar-refractivity contribution in [1.29, 1.82) is 0 Å². The molecule has 1 aromatic heterocycles. The van der Waals surface area contributed by atoms with E-state index in [2.05, 4.69) is 62.3 Å². The highest BCUT2D eigenvalue weighted by Gasteiger charge is 2.13. The second-order valence-corrected chi connectivity index (χ2v) is 6.05. The number of aryl methyl sites for hydroxylation is 1. The van der Waals surface area contributed by atoms with Crippen molar-refractivity contribution >= 4 is 0 Å². The van der Waals surface area contributed by atoms with Crippen LogP contribution < -0.4 is 0 Å². The number of hydrogen-bond acceptors (Lipinski definition) is 2. The zero-order chi connectivity index (χ0) is 13.9. The molecule has 0 aliphatic carbocycles. The van der Waals surface area contributed by atoms with Gasteiger partial charge in [0.1, 0.15) is 5.69 Å². The lowest BCUT2D eigenvalue weighted by Gasteiger charge is -2.18. The first-order valence-electron chi connectivity index (χ1n) is 7.02. The molecule has 0 aliphatic rings. The summed E-state index contributed by atoms with van der Waals surface area (Å²) >= 11 is 0. The molecule has 3 heteroatoms. The van der Waals surface area contributed by atoms with Gasteiger partial charge in [0.2, 0.25) is 0 Å². The van der Waals surface area contributed by atoms with E-state index < -0.39 is 0 Å². The molecule has 1 heterocycles. The minimum absolute atomic E-state index is 0.192. The van der Waals surface area contributed by atoms with Crippen LogP contribution in [0.2, 0.25) is 0 Å². The van der Waals surface area contributed by atoms with E-state index >= 15 is 0 Å². The molecule has 2 rings (SSSR count). The molecular formula is C16H23N3. The molecule has 102 valence electrons. The lowest BCUT2D eigenvalue weighted by molar-refractivity contribution is 0.553. The summed E-state index contributed by atoms with van der Waals surface area (Å²) in [7, 11) is 0. The van der Waals surface area contributed by atoms with Gasteiger partial charge in [0.05, 0.1) is 6.20 Å². The fourth-order valence-corrected chi connectivity index (χ4v) is 2.00. The predicted molar refractivity (Wildman–Crippen MR) is 79.1 cm³/mol. The maximum atomic E-state index is 4.24. The first-order chi connectivity index (χ1) is 9.00. The highest BCUT2D eigenvalue weighted by Crippen LogP contribution is 2.25. The van der Waals surface area contributed by atoms with Gasteiger partial charge in [-0.05, 0) is 17.4 Å². The quantitative estimate of drug-likeness (QED) is 0.827. The van der Waals surface area contributed by atoms with Gasteiger partial charge in [-0.2, -0.15) is 0 Å². The molecule has 3 nitrogen and oxygen atoms in total. The average Bonchev–Trinajstić information content (AvgIpc) is 2.84. The zero-order valence-corrected chi connectivity index (χ0v) is 12.3. The molecule has 19 heavy (non-hydrogen) atoms. The van der Waals surface area contributed by atoms with Crippen molar-refractivity contribution in [1.82, 2.24) is 15.0 Å². The smallest absolute Gasteiger partial charge is 0.113 e. The Bertz CT molecular complexity index is 518. The van der Waals surface area contributed by atoms with Crippen LogP contribution in [0.25, 0.3) is 11.3 Å². The van der Waals surface area contributed by atoms with Gasteiger partial charge >= 0.3 is 0 Å². The van der Waals surface area contributed by atoms with Crippen molar-refractivity contribution in [3.05, 3.63) is 36.0 Å². The molecule has 0 aliphatic heterocycles. The van der Waals surface area contributed by atoms with E-state index in [0.717, 1.165) is 24.2 Å². The number of nitrogens with zero attached hydrogens (tertiary/aromatic N) is 3. The normalized spacial score (nSPS) is 11.8. The van der Waals surface area contributed by atoms with E-state index in [9.17, 15) is 0 Å². The van der Waals surface area contributed by atoms with Crippen LogP contribution in [0.3, 0.4) is 0 Å². The minimum atomic E-state index is 0.192. The Morgan fingerprint density at radius 1 is 1.11 bits per heavy atom. The SMILES string of the molecule is CCCCn1cc(-c2ccc(C(C)(C)C)cc2)nn1. The van der Waals surface area contributed by atoms with Gasteiger partial charge < -0.3 is 0 Å². The van der Waals surface area contributed by atoms with E-state index in [4.69, 9.17) is 0 Å². The van der Waals surface area contributed by atoms with Gasteiger partial charge in [-0.15, -0.1) is 5.10 Å². The van der Waals surface area contributed by atoms with E-state index in [-0.39, 0.29) is 5.41 Å². The number of aromatic nitrogens is 3. The third kappa shape index (κ3) is 3.43. The topological polar surface area (TPSA) is 30.7 Å². The van der Waals surface area contributed by atoms with Crippen molar-refractivity contribution in [3.63, 3.8) is 0 Å². The van der Waals surface area contributed by atoms with E-state index in [1.165, 1.54) is 12.0 Å². The Kier molecular flexibility index (Phi) is 4.03. The summed E-state index contributed by atoms with van der Waals surface area (Å²) in [6, 6.07) is 8.63. The second kappa shape index (κ2) is 5.55. The number of unbranched alkanes of at least 4 members (excludes halogenated alkanes) is 1. The van der Waals surface area contributed by atoms with Crippen LogP contribution in [0.1, 0.15) is 46.1 Å². The summed E-state index contributed by atoms with van der Waals surface area (Å²) in [4.78, 5) is 0. The fourth-order valence-electron chi connectivity index (χ4n) is 2.00. The maximum Gasteiger partial charge on any atom is 0.113 e. The third-order valence-electron chi connectivity index (χ3n) is 3.33. The first kappa shape index (κ1) is 13.8. The molecule has 0 fully saturated rings. The second-order valence-electron chi connectivity index (χ2n) is 6.05. The molecule has 0 atom stereocenters. The van der Waals surface area contributed by atoms with Gasteiger partial charge in [-0.25, -0.2) is 0 Å². The average molecular weight is 257 g/mol. The van der Waals surface area contributed by atoms with E-state index in [1.807, 2.05) is 10.9 Å². The van der Waals surface area contributed by atoms with Gasteiger partial charge in [0, 0.05) is 12.1 Å². The van der Waals surface area contributed by atoms with E-state index in [0.29, 0.717) is 0 Å². The number of hydrogen-bond donors (Lipinski definition) is 0. The lowest BCUT2D eigenvalue weighted by atomic mass is 9.86. The summed E-state index contributed by atoms with van der Waals surface area (Å²) < 4.78 is 1.93. The molecule has 0 spiro atoms. The fraction of sp³-hybridized carbons (Fsp3) is 0.500. The van der Waals surface area contributed by atoms with Crippen LogP contribution in [0.4, 0.5) is 0 Å². The third-order valence-corrected chi connectivity index (χ3v) is 3.33. The lowest BCUT2D eigenvalue weighted by Crippen LogP contribution is -2.10. The van der Waals surface area contributed by atoms with Gasteiger partial charge in [0.25, 0.3) is 0 Å². The van der Waals surface area contributed by atoms with Crippen molar-refractivity contribution in [2.24, 2.45) is 0 Å². The summed E-state index contributed by atoms with van der Waals surface area (Å²) in [5, 5.41) is 8.41. The van der Waals surface area contributed by atoms with Crippen LogP contribution in [0.15, 0.2) is 30.5 Å². The highest BCUT2D eigenvalue weighted by molar-refractivity contribution is 5.58. The van der Waals surface area contributed by atoms with Crippen LogP contribution in [-0.4, -0.2) is 15.0 Å². The summed E-state index contributed by atoms with van der Waals surface area (Å²) in [6.07, 6.45) is 4.35. The largest absolute Gasteiger partial charge is 0.252 e. The number of benzene rings is 1. The molecule has 0 radical (unpaired) electrons. The van der Waals surface area contributed by atoms with Gasteiger partial charge in [-0.3, -0.25) is 4.68 Å². The summed E-state index contributed by atoms with van der Waals surface area (Å²) in [6.45, 7) is 9.81. The predicted octanol–water partition coefficient (Wildman–Crippen LogP) is 4.04. The zero-order valence-electron chi connectivity index (χ0n) is 12.3. The standard InChI is InChI=1S/C16H23N3/c1-5-6-11-19-12-15(17-18-19)13-7-9-14(10-8-13)16(2,3)4/h7-10,12H,5-6,11H2,1-4H3. The van der Waals surface area contributed by atoms with Crippen LogP contribution in [0.5, 0.6) is 0 Å². The number of rotatable bonds is 4. The van der Waals surface area contributed by atoms with E-state index in [1.54, 1.807) is 0 Å². The molecule has 0 N–H and O–H groups in total. The van der Waals surface area contributed by atoms with Gasteiger partial charge in [0.15, 0.2) is 0 Å². The van der Waals surface area contributed by atoms with Crippen molar-refractivity contribution in [2.45, 2.75) is 52.5 Å². The molecule has 0 amide bonds. The summed E-state index contributed by atoms with van der Waals surface area (Å²) in [5.41, 5.74) is 3.62. The first-order valence-corrected chi connectivity index (χ1v) is 7.02. The summed E-state index contributed by atoms with van der Waals surface area (Å²) in [5.74, 6) is 0. The Morgan fingerprint density at radius 3 is 2.37 bits per heavy atom. The molecule has 2 aromatic rings. The highest BCUT2D eigenvalue weighted by atomic mass is 15.4. The molecule has 0 saturated carbocycles.